The Balaban J connectivity index is 1.34. The lowest BCUT2D eigenvalue weighted by Crippen LogP contribution is -3.17. The number of morpholine rings is 1. The molecule has 0 saturated carbocycles. The molecule has 8 heteroatoms. The van der Waals surface area contributed by atoms with Crippen LogP contribution in [0.5, 0.6) is 5.75 Å². The van der Waals surface area contributed by atoms with Crippen molar-refractivity contribution in [2.75, 3.05) is 50.9 Å². The van der Waals surface area contributed by atoms with Crippen LogP contribution in [-0.4, -0.2) is 74.7 Å². The molecule has 0 radical (unpaired) electrons. The van der Waals surface area contributed by atoms with Crippen molar-refractivity contribution in [3.8, 4) is 5.75 Å². The number of benzene rings is 1. The van der Waals surface area contributed by atoms with Crippen molar-refractivity contribution < 1.29 is 28.8 Å². The van der Waals surface area contributed by atoms with Crippen molar-refractivity contribution in [2.24, 2.45) is 5.92 Å². The second-order valence-corrected chi connectivity index (χ2v) is 8.54. The van der Waals surface area contributed by atoms with E-state index in [4.69, 9.17) is 9.47 Å². The number of amides is 3. The fourth-order valence-corrected chi connectivity index (χ4v) is 4.76. The Morgan fingerprint density at radius 3 is 2.45 bits per heavy atom. The number of hydrogen-bond donors (Lipinski definition) is 1. The summed E-state index contributed by atoms with van der Waals surface area (Å²) in [5.41, 5.74) is 0.595. The molecule has 168 valence electrons. The smallest absolute Gasteiger partial charge is 0.292 e. The molecule has 3 heterocycles. The van der Waals surface area contributed by atoms with E-state index in [0.717, 1.165) is 43.0 Å². The highest BCUT2D eigenvalue weighted by molar-refractivity contribution is 6.21. The van der Waals surface area contributed by atoms with Crippen LogP contribution in [0.15, 0.2) is 24.3 Å². The normalized spacial score (nSPS) is 26.9. The van der Waals surface area contributed by atoms with Gasteiger partial charge in [0.15, 0.2) is 6.04 Å². The molecule has 3 aliphatic heterocycles. The van der Waals surface area contributed by atoms with E-state index in [0.29, 0.717) is 38.6 Å². The van der Waals surface area contributed by atoms with Gasteiger partial charge in [0, 0.05) is 31.8 Å². The molecule has 3 aliphatic rings. The third-order valence-corrected chi connectivity index (χ3v) is 6.51. The van der Waals surface area contributed by atoms with E-state index in [9.17, 15) is 14.4 Å². The lowest BCUT2D eigenvalue weighted by molar-refractivity contribution is -0.920. The minimum atomic E-state index is -0.358. The standard InChI is InChI=1S/C23H31N3O5/c1-2-13-31-19-5-3-18(4-6-19)26-21(27)16-20(23(26)29)24-9-7-17(8-10-24)22(28)25-11-14-30-15-12-25/h3-6,17,20H,2,7-16H2,1H3/p+1/t20-/m0/s1. The molecule has 4 rings (SSSR count). The molecule has 1 aromatic rings. The van der Waals surface area contributed by atoms with Gasteiger partial charge in [0.25, 0.3) is 5.91 Å². The Bertz CT molecular complexity index is 798. The first kappa shape index (κ1) is 21.8. The molecule has 0 unspecified atom stereocenters. The van der Waals surface area contributed by atoms with Gasteiger partial charge in [-0.15, -0.1) is 0 Å². The molecular formula is C23H32N3O5+. The van der Waals surface area contributed by atoms with Crippen LogP contribution in [0.3, 0.4) is 0 Å². The summed E-state index contributed by atoms with van der Waals surface area (Å²) in [5.74, 6) is 0.666. The number of quaternary nitrogens is 1. The average molecular weight is 431 g/mol. The Morgan fingerprint density at radius 2 is 1.81 bits per heavy atom. The highest BCUT2D eigenvalue weighted by atomic mass is 16.5. The van der Waals surface area contributed by atoms with E-state index < -0.39 is 0 Å². The predicted molar refractivity (Wildman–Crippen MR) is 114 cm³/mol. The fraction of sp³-hybridized carbons (Fsp3) is 0.609. The van der Waals surface area contributed by atoms with Crippen LogP contribution in [-0.2, 0) is 19.1 Å². The average Bonchev–Trinajstić information content (AvgIpc) is 3.12. The van der Waals surface area contributed by atoms with E-state index in [1.807, 2.05) is 11.8 Å². The maximum atomic E-state index is 13.1. The molecule has 0 aromatic heterocycles. The first-order chi connectivity index (χ1) is 15.1. The number of hydrogen-bond acceptors (Lipinski definition) is 5. The zero-order valence-electron chi connectivity index (χ0n) is 18.2. The van der Waals surface area contributed by atoms with Gasteiger partial charge in [-0.05, 0) is 30.7 Å². The highest BCUT2D eigenvalue weighted by Gasteiger charge is 2.47. The van der Waals surface area contributed by atoms with E-state index in [1.54, 1.807) is 24.3 Å². The molecule has 1 aromatic carbocycles. The number of carbonyl (C=O) groups excluding carboxylic acids is 3. The Morgan fingerprint density at radius 1 is 1.13 bits per heavy atom. The molecule has 3 amide bonds. The molecule has 1 N–H and O–H groups in total. The van der Waals surface area contributed by atoms with Crippen LogP contribution < -0.4 is 14.5 Å². The first-order valence-electron chi connectivity index (χ1n) is 11.4. The number of anilines is 1. The van der Waals surface area contributed by atoms with Crippen molar-refractivity contribution in [3.05, 3.63) is 24.3 Å². The number of carbonyl (C=O) groups is 3. The number of rotatable bonds is 6. The van der Waals surface area contributed by atoms with Crippen LogP contribution in [0.4, 0.5) is 5.69 Å². The third-order valence-electron chi connectivity index (χ3n) is 6.51. The number of nitrogens with one attached hydrogen (secondary N) is 1. The Labute approximate surface area is 183 Å². The van der Waals surface area contributed by atoms with Crippen LogP contribution >= 0.6 is 0 Å². The van der Waals surface area contributed by atoms with Gasteiger partial charge in [-0.3, -0.25) is 14.4 Å². The lowest BCUT2D eigenvalue weighted by Gasteiger charge is -2.35. The summed E-state index contributed by atoms with van der Waals surface area (Å²) in [7, 11) is 0. The summed E-state index contributed by atoms with van der Waals surface area (Å²) in [4.78, 5) is 42.8. The van der Waals surface area contributed by atoms with E-state index in [2.05, 4.69) is 0 Å². The zero-order chi connectivity index (χ0) is 21.8. The molecule has 0 aliphatic carbocycles. The van der Waals surface area contributed by atoms with Crippen molar-refractivity contribution in [3.63, 3.8) is 0 Å². The van der Waals surface area contributed by atoms with Gasteiger partial charge in [0.1, 0.15) is 5.75 Å². The third kappa shape index (κ3) is 4.75. The Hall–Kier alpha value is -2.45. The zero-order valence-corrected chi connectivity index (χ0v) is 18.2. The molecular weight excluding hydrogens is 398 g/mol. The minimum Gasteiger partial charge on any atom is -0.494 e. The van der Waals surface area contributed by atoms with Gasteiger partial charge in [0.05, 0.1) is 45.0 Å². The molecule has 3 fully saturated rings. The second kappa shape index (κ2) is 9.78. The van der Waals surface area contributed by atoms with Gasteiger partial charge in [-0.25, -0.2) is 4.90 Å². The predicted octanol–water partition coefficient (Wildman–Crippen LogP) is 0.261. The van der Waals surface area contributed by atoms with Crippen molar-refractivity contribution in [1.82, 2.24) is 4.90 Å². The summed E-state index contributed by atoms with van der Waals surface area (Å²) in [6.45, 7) is 6.70. The topological polar surface area (TPSA) is 80.6 Å². The number of imide groups is 1. The fourth-order valence-electron chi connectivity index (χ4n) is 4.76. The van der Waals surface area contributed by atoms with E-state index >= 15 is 0 Å². The summed E-state index contributed by atoms with van der Waals surface area (Å²) in [6, 6.07) is 6.78. The second-order valence-electron chi connectivity index (χ2n) is 8.54. The monoisotopic (exact) mass is 430 g/mol. The summed E-state index contributed by atoms with van der Waals surface area (Å²) in [6.07, 6.45) is 2.66. The summed E-state index contributed by atoms with van der Waals surface area (Å²) < 4.78 is 10.9. The van der Waals surface area contributed by atoms with Gasteiger partial charge >= 0.3 is 0 Å². The lowest BCUT2D eigenvalue weighted by atomic mass is 9.94. The molecule has 31 heavy (non-hydrogen) atoms. The molecule has 0 spiro atoms. The van der Waals surface area contributed by atoms with E-state index in [1.165, 1.54) is 4.90 Å². The molecule has 0 bridgehead atoms. The van der Waals surface area contributed by atoms with Gasteiger partial charge in [0.2, 0.25) is 11.8 Å². The quantitative estimate of drug-likeness (QED) is 0.655. The van der Waals surface area contributed by atoms with Crippen molar-refractivity contribution >= 4 is 23.4 Å². The van der Waals surface area contributed by atoms with Gasteiger partial charge in [-0.2, -0.15) is 0 Å². The molecule has 3 saturated heterocycles. The SMILES string of the molecule is CCCOc1ccc(N2C(=O)C[C@H]([NH+]3CCC(C(=O)N4CCOCC4)CC3)C2=O)cc1. The highest BCUT2D eigenvalue weighted by Crippen LogP contribution is 2.25. The van der Waals surface area contributed by atoms with Gasteiger partial charge in [-0.1, -0.05) is 6.92 Å². The number of piperidine rings is 1. The van der Waals surface area contributed by atoms with Crippen molar-refractivity contribution in [1.29, 1.82) is 0 Å². The van der Waals surface area contributed by atoms with Crippen LogP contribution in [0, 0.1) is 5.92 Å². The minimum absolute atomic E-state index is 0.0147. The van der Waals surface area contributed by atoms with Crippen LogP contribution in [0.25, 0.3) is 0 Å². The number of likely N-dealkylation sites (tertiary alicyclic amines) is 1. The maximum absolute atomic E-state index is 13.1. The Kier molecular flexibility index (Phi) is 6.87. The molecule has 1 atom stereocenters. The van der Waals surface area contributed by atoms with Crippen LogP contribution in [0.1, 0.15) is 32.6 Å². The largest absolute Gasteiger partial charge is 0.494 e. The molecule has 8 nitrogen and oxygen atoms in total. The number of nitrogens with zero attached hydrogens (tertiary/aromatic N) is 2. The van der Waals surface area contributed by atoms with Gasteiger partial charge < -0.3 is 19.3 Å². The first-order valence-corrected chi connectivity index (χ1v) is 11.4. The summed E-state index contributed by atoms with van der Waals surface area (Å²) >= 11 is 0. The van der Waals surface area contributed by atoms with Crippen LogP contribution in [0.2, 0.25) is 0 Å². The van der Waals surface area contributed by atoms with E-state index in [-0.39, 0.29) is 36.1 Å². The summed E-state index contributed by atoms with van der Waals surface area (Å²) in [5, 5.41) is 0. The van der Waals surface area contributed by atoms with Crippen molar-refractivity contribution in [2.45, 2.75) is 38.6 Å². The number of ether oxygens (including phenoxy) is 2. The maximum Gasteiger partial charge on any atom is 0.292 e.